The van der Waals surface area contributed by atoms with Gasteiger partial charge in [0.2, 0.25) is 0 Å². The van der Waals surface area contributed by atoms with E-state index in [4.69, 9.17) is 16.3 Å². The highest BCUT2D eigenvalue weighted by Gasteiger charge is 2.17. The van der Waals surface area contributed by atoms with E-state index in [-0.39, 0.29) is 16.3 Å². The summed E-state index contributed by atoms with van der Waals surface area (Å²) in [6.45, 7) is 1.33. The SMILES string of the molecule is Cc1ccccc1NC(=O)COC(=O)c1ccc([N+](=O)[O-])cc1Cl. The van der Waals surface area contributed by atoms with Crippen molar-refractivity contribution in [1.29, 1.82) is 0 Å². The van der Waals surface area contributed by atoms with E-state index in [1.807, 2.05) is 19.1 Å². The van der Waals surface area contributed by atoms with Gasteiger partial charge in [-0.1, -0.05) is 29.8 Å². The number of para-hydroxylation sites is 1. The maximum atomic E-state index is 11.9. The number of carbonyl (C=O) groups excluding carboxylic acids is 2. The number of nitrogens with zero attached hydrogens (tertiary/aromatic N) is 1. The lowest BCUT2D eigenvalue weighted by atomic mass is 10.2. The number of carbonyl (C=O) groups is 2. The highest BCUT2D eigenvalue weighted by molar-refractivity contribution is 6.33. The molecule has 0 atom stereocenters. The summed E-state index contributed by atoms with van der Waals surface area (Å²) in [5.41, 5.74) is 1.20. The highest BCUT2D eigenvalue weighted by atomic mass is 35.5. The Bertz CT molecular complexity index is 807. The molecule has 2 aromatic rings. The molecule has 0 aliphatic rings. The van der Waals surface area contributed by atoms with Gasteiger partial charge in [0.15, 0.2) is 6.61 Å². The Morgan fingerprint density at radius 3 is 2.58 bits per heavy atom. The van der Waals surface area contributed by atoms with Gasteiger partial charge in [-0.25, -0.2) is 4.79 Å². The van der Waals surface area contributed by atoms with Crippen LogP contribution < -0.4 is 5.32 Å². The first-order valence-electron chi connectivity index (χ1n) is 6.85. The van der Waals surface area contributed by atoms with Crippen LogP contribution in [-0.4, -0.2) is 23.4 Å². The number of hydrogen-bond acceptors (Lipinski definition) is 5. The van der Waals surface area contributed by atoms with Gasteiger partial charge in [0, 0.05) is 17.8 Å². The molecule has 2 aromatic carbocycles. The number of amides is 1. The largest absolute Gasteiger partial charge is 0.452 e. The minimum Gasteiger partial charge on any atom is -0.452 e. The van der Waals surface area contributed by atoms with Crippen molar-refractivity contribution in [3.05, 3.63) is 68.7 Å². The van der Waals surface area contributed by atoms with Crippen LogP contribution in [-0.2, 0) is 9.53 Å². The number of halogens is 1. The number of esters is 1. The summed E-state index contributed by atoms with van der Waals surface area (Å²) >= 11 is 5.83. The summed E-state index contributed by atoms with van der Waals surface area (Å²) < 4.78 is 4.88. The number of anilines is 1. The molecular formula is C16H13ClN2O5. The topological polar surface area (TPSA) is 98.5 Å². The van der Waals surface area contributed by atoms with Gasteiger partial charge in [-0.15, -0.1) is 0 Å². The Morgan fingerprint density at radius 2 is 1.96 bits per heavy atom. The van der Waals surface area contributed by atoms with E-state index in [1.54, 1.807) is 12.1 Å². The van der Waals surface area contributed by atoms with Gasteiger partial charge in [0.05, 0.1) is 15.5 Å². The second-order valence-electron chi connectivity index (χ2n) is 4.86. The number of aryl methyl sites for hydroxylation is 1. The van der Waals surface area contributed by atoms with Crippen molar-refractivity contribution >= 4 is 34.9 Å². The second kappa shape index (κ2) is 7.56. The molecule has 8 heteroatoms. The zero-order valence-electron chi connectivity index (χ0n) is 12.6. The number of nitro benzene ring substituents is 1. The number of ether oxygens (including phenoxy) is 1. The number of nitrogens with one attached hydrogen (secondary N) is 1. The number of benzene rings is 2. The predicted molar refractivity (Wildman–Crippen MR) is 88.2 cm³/mol. The van der Waals surface area contributed by atoms with Gasteiger partial charge in [-0.05, 0) is 24.6 Å². The molecule has 2 rings (SSSR count). The first-order chi connectivity index (χ1) is 11.4. The molecule has 1 N–H and O–H groups in total. The molecular weight excluding hydrogens is 336 g/mol. The third-order valence-electron chi connectivity index (χ3n) is 3.14. The molecule has 7 nitrogen and oxygen atoms in total. The van der Waals surface area contributed by atoms with E-state index < -0.39 is 23.4 Å². The molecule has 0 unspecified atom stereocenters. The lowest BCUT2D eigenvalue weighted by molar-refractivity contribution is -0.384. The Morgan fingerprint density at radius 1 is 1.25 bits per heavy atom. The van der Waals surface area contributed by atoms with E-state index >= 15 is 0 Å². The average molecular weight is 349 g/mol. The Labute approximate surface area is 142 Å². The van der Waals surface area contributed by atoms with Crippen molar-refractivity contribution in [3.8, 4) is 0 Å². The smallest absolute Gasteiger partial charge is 0.340 e. The molecule has 0 aliphatic heterocycles. The molecule has 0 saturated heterocycles. The van der Waals surface area contributed by atoms with Crippen molar-refractivity contribution in [2.75, 3.05) is 11.9 Å². The highest BCUT2D eigenvalue weighted by Crippen LogP contribution is 2.23. The molecule has 0 radical (unpaired) electrons. The Kier molecular flexibility index (Phi) is 5.49. The predicted octanol–water partition coefficient (Wildman–Crippen LogP) is 3.35. The third kappa shape index (κ3) is 4.30. The first kappa shape index (κ1) is 17.4. The fourth-order valence-electron chi connectivity index (χ4n) is 1.89. The third-order valence-corrected chi connectivity index (χ3v) is 3.45. The van der Waals surface area contributed by atoms with Gasteiger partial charge in [-0.2, -0.15) is 0 Å². The Hall–Kier alpha value is -2.93. The number of non-ortho nitro benzene ring substituents is 1. The second-order valence-corrected chi connectivity index (χ2v) is 5.27. The van der Waals surface area contributed by atoms with E-state index in [0.29, 0.717) is 5.69 Å². The van der Waals surface area contributed by atoms with Crippen LogP contribution in [0.3, 0.4) is 0 Å². The first-order valence-corrected chi connectivity index (χ1v) is 7.23. The summed E-state index contributed by atoms with van der Waals surface area (Å²) in [4.78, 5) is 33.7. The van der Waals surface area contributed by atoms with Crippen molar-refractivity contribution in [2.45, 2.75) is 6.92 Å². The minimum atomic E-state index is -0.838. The number of hydrogen-bond donors (Lipinski definition) is 1. The number of nitro groups is 1. The van der Waals surface area contributed by atoms with Crippen LogP contribution in [0.1, 0.15) is 15.9 Å². The molecule has 24 heavy (non-hydrogen) atoms. The van der Waals surface area contributed by atoms with Gasteiger partial charge in [-0.3, -0.25) is 14.9 Å². The van der Waals surface area contributed by atoms with Crippen LogP contribution >= 0.6 is 11.6 Å². The van der Waals surface area contributed by atoms with Crippen molar-refractivity contribution < 1.29 is 19.2 Å². The van der Waals surface area contributed by atoms with Crippen LogP contribution in [0.5, 0.6) is 0 Å². The molecule has 0 bridgehead atoms. The lowest BCUT2D eigenvalue weighted by Gasteiger charge is -2.09. The van der Waals surface area contributed by atoms with Crippen molar-refractivity contribution in [3.63, 3.8) is 0 Å². The molecule has 124 valence electrons. The van der Waals surface area contributed by atoms with Crippen LogP contribution in [0.25, 0.3) is 0 Å². The molecule has 0 heterocycles. The number of rotatable bonds is 5. The van der Waals surface area contributed by atoms with Crippen molar-refractivity contribution in [1.82, 2.24) is 0 Å². The summed E-state index contributed by atoms with van der Waals surface area (Å²) in [5.74, 6) is -1.34. The van der Waals surface area contributed by atoms with Gasteiger partial charge < -0.3 is 10.1 Å². The molecule has 0 saturated carbocycles. The van der Waals surface area contributed by atoms with Crippen LogP contribution in [0, 0.1) is 17.0 Å². The van der Waals surface area contributed by atoms with Gasteiger partial charge >= 0.3 is 5.97 Å². The van der Waals surface area contributed by atoms with E-state index in [0.717, 1.165) is 17.7 Å². The van der Waals surface area contributed by atoms with Crippen LogP contribution in [0.15, 0.2) is 42.5 Å². The maximum Gasteiger partial charge on any atom is 0.340 e. The summed E-state index contributed by atoms with van der Waals surface area (Å²) in [5, 5.41) is 13.1. The van der Waals surface area contributed by atoms with E-state index in [1.165, 1.54) is 6.07 Å². The standard InChI is InChI=1S/C16H13ClN2O5/c1-10-4-2-3-5-14(10)18-15(20)9-24-16(21)12-7-6-11(19(22)23)8-13(12)17/h2-8H,9H2,1H3,(H,18,20). The Balaban J connectivity index is 1.97. The zero-order chi connectivity index (χ0) is 17.7. The van der Waals surface area contributed by atoms with Gasteiger partial charge in [0.1, 0.15) is 0 Å². The average Bonchev–Trinajstić information content (AvgIpc) is 2.54. The van der Waals surface area contributed by atoms with Crippen molar-refractivity contribution in [2.24, 2.45) is 0 Å². The quantitative estimate of drug-likeness (QED) is 0.507. The molecule has 0 fully saturated rings. The van der Waals surface area contributed by atoms with Crippen LogP contribution in [0.2, 0.25) is 5.02 Å². The molecule has 1 amide bonds. The van der Waals surface area contributed by atoms with E-state index in [9.17, 15) is 19.7 Å². The zero-order valence-corrected chi connectivity index (χ0v) is 13.4. The fraction of sp³-hybridized carbons (Fsp3) is 0.125. The van der Waals surface area contributed by atoms with E-state index in [2.05, 4.69) is 5.32 Å². The fourth-order valence-corrected chi connectivity index (χ4v) is 2.14. The summed E-state index contributed by atoms with van der Waals surface area (Å²) in [7, 11) is 0. The maximum absolute atomic E-state index is 11.9. The minimum absolute atomic E-state index is 0.0500. The molecule has 0 aromatic heterocycles. The molecule has 0 aliphatic carbocycles. The van der Waals surface area contributed by atoms with Crippen LogP contribution in [0.4, 0.5) is 11.4 Å². The van der Waals surface area contributed by atoms with Gasteiger partial charge in [0.25, 0.3) is 11.6 Å². The monoisotopic (exact) mass is 348 g/mol. The lowest BCUT2D eigenvalue weighted by Crippen LogP contribution is -2.21. The normalized spacial score (nSPS) is 10.1. The molecule has 0 spiro atoms. The summed E-state index contributed by atoms with van der Waals surface area (Å²) in [6, 6.07) is 10.5. The summed E-state index contributed by atoms with van der Waals surface area (Å²) in [6.07, 6.45) is 0.